The van der Waals surface area contributed by atoms with E-state index in [0.29, 0.717) is 0 Å². The molecule has 0 aromatic carbocycles. The van der Waals surface area contributed by atoms with Gasteiger partial charge in [0.05, 0.1) is 0 Å². The molecule has 0 bridgehead atoms. The third kappa shape index (κ3) is 0.810. The molecule has 0 saturated heterocycles. The van der Waals surface area contributed by atoms with Crippen LogP contribution in [0.25, 0.3) is 6.08 Å². The zero-order valence-electron chi connectivity index (χ0n) is 5.76. The molecule has 1 aliphatic rings. The number of aryl methyl sites for hydroxylation is 1. The van der Waals surface area contributed by atoms with Crippen molar-refractivity contribution < 1.29 is 0 Å². The van der Waals surface area contributed by atoms with E-state index in [2.05, 4.69) is 40.5 Å². The Kier molecular flexibility index (Phi) is 1.51. The maximum absolute atomic E-state index is 3.55. The summed E-state index contributed by atoms with van der Waals surface area (Å²) in [5.41, 5.74) is 1.45. The first-order valence-electron chi connectivity index (χ1n) is 3.29. The summed E-state index contributed by atoms with van der Waals surface area (Å²) in [5.74, 6) is 2.34. The van der Waals surface area contributed by atoms with Gasteiger partial charge in [0.2, 0.25) is 0 Å². The van der Waals surface area contributed by atoms with E-state index >= 15 is 0 Å². The normalized spacial score (nSPS) is 16.0. The summed E-state index contributed by atoms with van der Waals surface area (Å²) in [6.45, 7) is 2.31. The van der Waals surface area contributed by atoms with Crippen molar-refractivity contribution in [2.24, 2.45) is 6.66 Å². The maximum Gasteiger partial charge on any atom is 0.0293 e. The Bertz CT molecular complexity index is 296. The molecule has 0 saturated carbocycles. The van der Waals surface area contributed by atoms with Crippen LogP contribution in [0, 0.1) is 0 Å². The van der Waals surface area contributed by atoms with Crippen molar-refractivity contribution in [2.45, 2.75) is 6.42 Å². The van der Waals surface area contributed by atoms with Gasteiger partial charge in [0.25, 0.3) is 0 Å². The van der Waals surface area contributed by atoms with Gasteiger partial charge in [0.15, 0.2) is 0 Å². The van der Waals surface area contributed by atoms with Crippen molar-refractivity contribution in [3.8, 4) is 0 Å². The zero-order valence-corrected chi connectivity index (χ0v) is 8.24. The minimum Gasteiger partial charge on any atom is -0.123 e. The Morgan fingerprint density at radius 2 is 2.40 bits per heavy atom. The molecule has 0 nitrogen and oxygen atoms in total. The predicted molar refractivity (Wildman–Crippen MR) is 50.6 cm³/mol. The Labute approximate surface area is 70.1 Å². The molecule has 2 heteroatoms. The predicted octanol–water partition coefficient (Wildman–Crippen LogP) is 3.54. The second kappa shape index (κ2) is 2.25. The summed E-state index contributed by atoms with van der Waals surface area (Å²) >= 11 is 3.55. The van der Waals surface area contributed by atoms with Crippen molar-refractivity contribution >= 4 is 29.5 Å². The fourth-order valence-electron chi connectivity index (χ4n) is 1.36. The van der Waals surface area contributed by atoms with E-state index < -0.39 is 0 Å². The highest BCUT2D eigenvalue weighted by atomic mass is 79.9. The minimum absolute atomic E-state index is 0.0635. The third-order valence-electron chi connectivity index (χ3n) is 1.90. The molecule has 0 N–H and O–H groups in total. The van der Waals surface area contributed by atoms with Crippen molar-refractivity contribution in [3.63, 3.8) is 0 Å². The van der Waals surface area contributed by atoms with Gasteiger partial charge in [-0.05, 0) is 45.7 Å². The van der Waals surface area contributed by atoms with Gasteiger partial charge in [-0.1, -0.05) is 12.2 Å². The van der Waals surface area contributed by atoms with E-state index in [9.17, 15) is 0 Å². The van der Waals surface area contributed by atoms with Crippen LogP contribution in [0.4, 0.5) is 0 Å². The number of hydrogen-bond donors (Lipinski definition) is 0. The van der Waals surface area contributed by atoms with Gasteiger partial charge in [0.1, 0.15) is 0 Å². The van der Waals surface area contributed by atoms with Gasteiger partial charge < -0.3 is 0 Å². The van der Waals surface area contributed by atoms with Crippen LogP contribution in [0.15, 0.2) is 16.3 Å². The summed E-state index contributed by atoms with van der Waals surface area (Å²) < 4.78 is 1.31. The van der Waals surface area contributed by atoms with Crippen molar-refractivity contribution in [2.75, 3.05) is 0 Å². The van der Waals surface area contributed by atoms with Crippen LogP contribution in [0.5, 0.6) is 0 Å². The van der Waals surface area contributed by atoms with Crippen molar-refractivity contribution in [3.05, 3.63) is 27.2 Å². The first-order valence-corrected chi connectivity index (χ1v) is 5.94. The third-order valence-corrected chi connectivity index (χ3v) is 4.83. The molecular formula is C8H8BrP. The lowest BCUT2D eigenvalue weighted by molar-refractivity contribution is 1.39. The zero-order chi connectivity index (χ0) is 7.14. The van der Waals surface area contributed by atoms with Gasteiger partial charge in [-0.25, -0.2) is 0 Å². The number of allylic oxidation sites excluding steroid dienone is 1. The molecular weight excluding hydrogens is 207 g/mol. The van der Waals surface area contributed by atoms with Gasteiger partial charge in [-0.2, -0.15) is 0 Å². The van der Waals surface area contributed by atoms with E-state index in [0.717, 1.165) is 0 Å². The average molecular weight is 215 g/mol. The molecule has 1 aliphatic carbocycles. The Morgan fingerprint density at radius 1 is 1.60 bits per heavy atom. The molecule has 0 fully saturated rings. The van der Waals surface area contributed by atoms with E-state index in [4.69, 9.17) is 0 Å². The number of rotatable bonds is 0. The maximum atomic E-state index is 3.55. The molecule has 0 aliphatic heterocycles. The van der Waals surface area contributed by atoms with Crippen LogP contribution < -0.4 is 0 Å². The molecule has 2 rings (SSSR count). The highest BCUT2D eigenvalue weighted by Gasteiger charge is 2.12. The smallest absolute Gasteiger partial charge is 0.0293 e. The standard InChI is InChI=1S/C8H8BrP/c1-10-5-7(9)6-3-2-4-8(6)10/h2-3,5H,4H2,1H3. The van der Waals surface area contributed by atoms with Crippen LogP contribution >= 0.6 is 23.5 Å². The van der Waals surface area contributed by atoms with E-state index in [-0.39, 0.29) is 7.53 Å². The molecule has 1 aromatic heterocycles. The summed E-state index contributed by atoms with van der Waals surface area (Å²) in [5, 5.41) is 1.64. The fraction of sp³-hybridized carbons (Fsp3) is 0.250. The first-order chi connectivity index (χ1) is 4.79. The Hall–Kier alpha value is 0. The van der Waals surface area contributed by atoms with Gasteiger partial charge in [0, 0.05) is 4.47 Å². The SMILES string of the molecule is Cp1cc(Br)c2c1CC=C2. The topological polar surface area (TPSA) is 0 Å². The number of fused-ring (bicyclic) bond motifs is 1. The molecule has 1 unspecified atom stereocenters. The lowest BCUT2D eigenvalue weighted by Gasteiger charge is -1.90. The Morgan fingerprint density at radius 3 is 3.10 bits per heavy atom. The van der Waals surface area contributed by atoms with Gasteiger partial charge >= 0.3 is 0 Å². The molecule has 52 valence electrons. The summed E-state index contributed by atoms with van der Waals surface area (Å²) in [6, 6.07) is 0. The van der Waals surface area contributed by atoms with E-state index in [1.54, 1.807) is 5.30 Å². The molecule has 0 spiro atoms. The Balaban J connectivity index is 2.70. The lowest BCUT2D eigenvalue weighted by atomic mass is 10.3. The minimum atomic E-state index is 0.0635. The highest BCUT2D eigenvalue weighted by molar-refractivity contribution is 9.10. The molecule has 1 atom stereocenters. The lowest BCUT2D eigenvalue weighted by Crippen LogP contribution is -1.69. The van der Waals surface area contributed by atoms with E-state index in [1.165, 1.54) is 16.5 Å². The van der Waals surface area contributed by atoms with E-state index in [1.807, 2.05) is 0 Å². The average Bonchev–Trinajstić information content (AvgIpc) is 2.39. The van der Waals surface area contributed by atoms with Crippen LogP contribution in [0.1, 0.15) is 10.9 Å². The number of halogens is 1. The van der Waals surface area contributed by atoms with Crippen LogP contribution in [0.3, 0.4) is 0 Å². The second-order valence-corrected chi connectivity index (χ2v) is 5.43. The van der Waals surface area contributed by atoms with Gasteiger partial charge in [-0.15, -0.1) is 7.53 Å². The van der Waals surface area contributed by atoms with Crippen molar-refractivity contribution in [1.29, 1.82) is 0 Å². The van der Waals surface area contributed by atoms with Crippen LogP contribution in [-0.2, 0) is 13.1 Å². The largest absolute Gasteiger partial charge is 0.123 e. The van der Waals surface area contributed by atoms with Crippen molar-refractivity contribution in [1.82, 2.24) is 0 Å². The molecule has 1 aromatic rings. The van der Waals surface area contributed by atoms with Crippen LogP contribution in [0.2, 0.25) is 0 Å². The van der Waals surface area contributed by atoms with Crippen LogP contribution in [-0.4, -0.2) is 0 Å². The first kappa shape index (κ1) is 6.69. The summed E-state index contributed by atoms with van der Waals surface area (Å²) in [6.07, 6.45) is 5.66. The highest BCUT2D eigenvalue weighted by Crippen LogP contribution is 2.43. The second-order valence-electron chi connectivity index (χ2n) is 2.55. The number of hydrogen-bond acceptors (Lipinski definition) is 0. The monoisotopic (exact) mass is 214 g/mol. The molecule has 1 heterocycles. The van der Waals surface area contributed by atoms with Gasteiger partial charge in [-0.3, -0.25) is 0 Å². The molecule has 0 radical (unpaired) electrons. The summed E-state index contributed by atoms with van der Waals surface area (Å²) in [4.78, 5) is 0. The summed E-state index contributed by atoms with van der Waals surface area (Å²) in [7, 11) is 0.0635. The molecule has 0 amide bonds. The quantitative estimate of drug-likeness (QED) is 0.620. The molecule has 10 heavy (non-hydrogen) atoms. The fourth-order valence-corrected chi connectivity index (χ4v) is 4.41.